The number of hydrogen-bond acceptors (Lipinski definition) is 6. The van der Waals surface area contributed by atoms with Crippen molar-refractivity contribution in [3.05, 3.63) is 52.7 Å². The first kappa shape index (κ1) is 16.1. The first-order chi connectivity index (χ1) is 11.6. The van der Waals surface area contributed by atoms with Gasteiger partial charge in [0.15, 0.2) is 10.8 Å². The monoisotopic (exact) mass is 341 g/mol. The third-order valence-electron chi connectivity index (χ3n) is 3.30. The number of thiazole rings is 1. The number of fused-ring (bicyclic) bond motifs is 1. The summed E-state index contributed by atoms with van der Waals surface area (Å²) in [6, 6.07) is 9.20. The SMILES string of the molecule is CCOC(=O)c1csc(NC(=O)c2ccc3ccc(C)nc3c2)n1. The highest BCUT2D eigenvalue weighted by Gasteiger charge is 2.14. The van der Waals surface area contributed by atoms with Gasteiger partial charge in [-0.3, -0.25) is 15.1 Å². The van der Waals surface area contributed by atoms with Gasteiger partial charge in [-0.15, -0.1) is 11.3 Å². The first-order valence-electron chi connectivity index (χ1n) is 7.38. The fraction of sp³-hybridized carbons (Fsp3) is 0.176. The molecule has 2 heterocycles. The van der Waals surface area contributed by atoms with E-state index in [-0.39, 0.29) is 18.2 Å². The summed E-state index contributed by atoms with van der Waals surface area (Å²) in [7, 11) is 0. The largest absolute Gasteiger partial charge is 0.461 e. The fourth-order valence-electron chi connectivity index (χ4n) is 2.16. The number of rotatable bonds is 4. The summed E-state index contributed by atoms with van der Waals surface area (Å²) in [4.78, 5) is 32.4. The highest BCUT2D eigenvalue weighted by molar-refractivity contribution is 7.14. The van der Waals surface area contributed by atoms with Crippen LogP contribution in [0.3, 0.4) is 0 Å². The van der Waals surface area contributed by atoms with E-state index in [0.29, 0.717) is 10.7 Å². The van der Waals surface area contributed by atoms with Crippen LogP contribution in [-0.4, -0.2) is 28.5 Å². The van der Waals surface area contributed by atoms with Gasteiger partial charge in [0.1, 0.15) is 0 Å². The van der Waals surface area contributed by atoms with Crippen molar-refractivity contribution in [2.75, 3.05) is 11.9 Å². The lowest BCUT2D eigenvalue weighted by molar-refractivity contribution is 0.0520. The summed E-state index contributed by atoms with van der Waals surface area (Å²) in [6.45, 7) is 3.91. The second-order valence-electron chi connectivity index (χ2n) is 5.07. The van der Waals surface area contributed by atoms with Crippen molar-refractivity contribution in [1.82, 2.24) is 9.97 Å². The molecule has 0 spiro atoms. The van der Waals surface area contributed by atoms with Crippen molar-refractivity contribution in [2.24, 2.45) is 0 Å². The van der Waals surface area contributed by atoms with E-state index in [4.69, 9.17) is 4.74 Å². The number of nitrogens with zero attached hydrogens (tertiary/aromatic N) is 2. The Bertz CT molecular complexity index is 920. The van der Waals surface area contributed by atoms with Gasteiger partial charge in [0.2, 0.25) is 0 Å². The number of ether oxygens (including phenoxy) is 1. The molecular weight excluding hydrogens is 326 g/mol. The smallest absolute Gasteiger partial charge is 0.357 e. The molecule has 3 rings (SSSR count). The molecule has 0 aliphatic rings. The second-order valence-corrected chi connectivity index (χ2v) is 5.93. The van der Waals surface area contributed by atoms with E-state index >= 15 is 0 Å². The van der Waals surface area contributed by atoms with Crippen LogP contribution in [0.4, 0.5) is 5.13 Å². The second kappa shape index (κ2) is 6.76. The average Bonchev–Trinajstić information content (AvgIpc) is 3.03. The molecule has 122 valence electrons. The normalized spacial score (nSPS) is 10.6. The lowest BCUT2D eigenvalue weighted by atomic mass is 10.1. The maximum absolute atomic E-state index is 12.4. The van der Waals surface area contributed by atoms with Crippen LogP contribution >= 0.6 is 11.3 Å². The first-order valence-corrected chi connectivity index (χ1v) is 8.26. The molecule has 6 nitrogen and oxygen atoms in total. The van der Waals surface area contributed by atoms with Gasteiger partial charge in [-0.25, -0.2) is 9.78 Å². The van der Waals surface area contributed by atoms with E-state index in [1.807, 2.05) is 25.1 Å². The van der Waals surface area contributed by atoms with E-state index in [9.17, 15) is 9.59 Å². The van der Waals surface area contributed by atoms with Crippen LogP contribution < -0.4 is 5.32 Å². The Morgan fingerprint density at radius 2 is 2.00 bits per heavy atom. The molecule has 0 radical (unpaired) electrons. The van der Waals surface area contributed by atoms with Crippen molar-refractivity contribution in [3.8, 4) is 0 Å². The Hall–Kier alpha value is -2.80. The number of anilines is 1. The van der Waals surface area contributed by atoms with Crippen molar-refractivity contribution < 1.29 is 14.3 Å². The molecule has 24 heavy (non-hydrogen) atoms. The number of aromatic nitrogens is 2. The van der Waals surface area contributed by atoms with Crippen molar-refractivity contribution in [3.63, 3.8) is 0 Å². The van der Waals surface area contributed by atoms with Crippen LogP contribution in [0, 0.1) is 6.92 Å². The molecule has 1 amide bonds. The molecule has 2 aromatic heterocycles. The molecule has 0 saturated carbocycles. The number of pyridine rings is 1. The summed E-state index contributed by atoms with van der Waals surface area (Å²) in [5.74, 6) is -0.801. The number of esters is 1. The topological polar surface area (TPSA) is 81.2 Å². The van der Waals surface area contributed by atoms with E-state index in [1.165, 1.54) is 11.3 Å². The van der Waals surface area contributed by atoms with Gasteiger partial charge >= 0.3 is 5.97 Å². The number of aryl methyl sites for hydroxylation is 1. The average molecular weight is 341 g/mol. The van der Waals surface area contributed by atoms with Gasteiger partial charge in [-0.2, -0.15) is 0 Å². The van der Waals surface area contributed by atoms with Crippen molar-refractivity contribution in [1.29, 1.82) is 0 Å². The summed E-state index contributed by atoms with van der Waals surface area (Å²) in [6.07, 6.45) is 0. The predicted octanol–water partition coefficient (Wildman–Crippen LogP) is 3.43. The molecule has 0 bridgehead atoms. The van der Waals surface area contributed by atoms with Gasteiger partial charge in [0.05, 0.1) is 12.1 Å². The van der Waals surface area contributed by atoms with Crippen LogP contribution in [0.15, 0.2) is 35.7 Å². The number of amides is 1. The molecule has 0 aliphatic carbocycles. The highest BCUT2D eigenvalue weighted by atomic mass is 32.1. The fourth-order valence-corrected chi connectivity index (χ4v) is 2.83. The summed E-state index contributed by atoms with van der Waals surface area (Å²) >= 11 is 1.17. The molecule has 0 unspecified atom stereocenters. The zero-order chi connectivity index (χ0) is 17.1. The van der Waals surface area contributed by atoms with Gasteiger partial charge in [0, 0.05) is 22.0 Å². The third kappa shape index (κ3) is 3.41. The molecule has 7 heteroatoms. The lowest BCUT2D eigenvalue weighted by Gasteiger charge is -2.04. The Morgan fingerprint density at radius 1 is 1.21 bits per heavy atom. The molecule has 3 aromatic rings. The van der Waals surface area contributed by atoms with Gasteiger partial charge in [-0.05, 0) is 32.0 Å². The Kier molecular flexibility index (Phi) is 4.52. The number of carbonyl (C=O) groups is 2. The molecule has 1 N–H and O–H groups in total. The van der Waals surface area contributed by atoms with Crippen LogP contribution in [0.1, 0.15) is 33.5 Å². The molecule has 0 saturated heterocycles. The number of benzene rings is 1. The van der Waals surface area contributed by atoms with E-state index in [1.54, 1.807) is 24.4 Å². The molecule has 0 atom stereocenters. The van der Waals surface area contributed by atoms with Crippen LogP contribution in [0.5, 0.6) is 0 Å². The summed E-state index contributed by atoms with van der Waals surface area (Å²) < 4.78 is 4.87. The summed E-state index contributed by atoms with van der Waals surface area (Å²) in [5, 5.41) is 5.56. The number of hydrogen-bond donors (Lipinski definition) is 1. The third-order valence-corrected chi connectivity index (χ3v) is 4.06. The quantitative estimate of drug-likeness (QED) is 0.735. The number of nitrogens with one attached hydrogen (secondary N) is 1. The van der Waals surface area contributed by atoms with Crippen molar-refractivity contribution >= 4 is 39.2 Å². The van der Waals surface area contributed by atoms with Crippen LogP contribution in [0.25, 0.3) is 10.9 Å². The Morgan fingerprint density at radius 3 is 2.79 bits per heavy atom. The zero-order valence-corrected chi connectivity index (χ0v) is 14.0. The molecule has 0 fully saturated rings. The predicted molar refractivity (Wildman–Crippen MR) is 92.5 cm³/mol. The minimum Gasteiger partial charge on any atom is -0.461 e. The van der Waals surface area contributed by atoms with Gasteiger partial charge < -0.3 is 4.74 Å². The molecule has 0 aliphatic heterocycles. The lowest BCUT2D eigenvalue weighted by Crippen LogP contribution is -2.12. The van der Waals surface area contributed by atoms with E-state index in [0.717, 1.165) is 16.6 Å². The Balaban J connectivity index is 1.78. The van der Waals surface area contributed by atoms with E-state index < -0.39 is 5.97 Å². The highest BCUT2D eigenvalue weighted by Crippen LogP contribution is 2.19. The minimum absolute atomic E-state index is 0.188. The standard InChI is InChI=1S/C17H15N3O3S/c1-3-23-16(22)14-9-24-17(19-14)20-15(21)12-7-6-11-5-4-10(2)18-13(11)8-12/h4-9H,3H2,1-2H3,(H,19,20,21). The van der Waals surface area contributed by atoms with Crippen LogP contribution in [0.2, 0.25) is 0 Å². The molecular formula is C17H15N3O3S. The number of carbonyl (C=O) groups excluding carboxylic acids is 2. The van der Waals surface area contributed by atoms with Gasteiger partial charge in [-0.1, -0.05) is 12.1 Å². The Labute approximate surface area is 142 Å². The maximum atomic E-state index is 12.4. The van der Waals surface area contributed by atoms with Crippen molar-refractivity contribution in [2.45, 2.75) is 13.8 Å². The van der Waals surface area contributed by atoms with Gasteiger partial charge in [0.25, 0.3) is 5.91 Å². The maximum Gasteiger partial charge on any atom is 0.357 e. The zero-order valence-electron chi connectivity index (χ0n) is 13.2. The summed E-state index contributed by atoms with van der Waals surface area (Å²) in [5.41, 5.74) is 2.31. The minimum atomic E-state index is -0.500. The molecule has 1 aromatic carbocycles. The van der Waals surface area contributed by atoms with Crippen LogP contribution in [-0.2, 0) is 4.74 Å². The van der Waals surface area contributed by atoms with E-state index in [2.05, 4.69) is 15.3 Å².